The molecule has 0 radical (unpaired) electrons. The summed E-state index contributed by atoms with van der Waals surface area (Å²) in [7, 11) is 0. The van der Waals surface area contributed by atoms with E-state index in [1.54, 1.807) is 0 Å². The van der Waals surface area contributed by atoms with Crippen molar-refractivity contribution in [1.29, 1.82) is 0 Å². The van der Waals surface area contributed by atoms with Gasteiger partial charge in [0, 0.05) is 45.3 Å². The average Bonchev–Trinajstić information content (AvgIpc) is 2.37. The molecular weight excluding hydrogens is 286 g/mol. The minimum atomic E-state index is -4.50. The van der Waals surface area contributed by atoms with Gasteiger partial charge in [0.2, 0.25) is 0 Å². The molecule has 3 rings (SSSR count). The summed E-state index contributed by atoms with van der Waals surface area (Å²) in [5.74, 6) is -0.802. The predicted molar refractivity (Wildman–Crippen MR) is 71.8 cm³/mol. The highest BCUT2D eigenvalue weighted by Gasteiger charge is 2.32. The lowest BCUT2D eigenvalue weighted by Gasteiger charge is -2.43. The molecular formula is C14H17F4N3. The molecule has 0 aliphatic carbocycles. The molecule has 0 unspecified atom stereocenters. The van der Waals surface area contributed by atoms with Crippen molar-refractivity contribution in [3.8, 4) is 0 Å². The van der Waals surface area contributed by atoms with E-state index < -0.39 is 17.6 Å². The summed E-state index contributed by atoms with van der Waals surface area (Å²) in [5.41, 5.74) is -0.683. The highest BCUT2D eigenvalue weighted by Crippen LogP contribution is 2.32. The van der Waals surface area contributed by atoms with Gasteiger partial charge in [-0.15, -0.1) is 0 Å². The fourth-order valence-electron chi connectivity index (χ4n) is 2.80. The van der Waals surface area contributed by atoms with E-state index in [4.69, 9.17) is 0 Å². The molecule has 1 aromatic carbocycles. The Balaban J connectivity index is 1.67. The normalized spacial score (nSPS) is 21.4. The lowest BCUT2D eigenvalue weighted by atomic mass is 10.1. The van der Waals surface area contributed by atoms with Gasteiger partial charge < -0.3 is 10.2 Å². The van der Waals surface area contributed by atoms with Crippen LogP contribution in [-0.4, -0.2) is 50.2 Å². The van der Waals surface area contributed by atoms with Crippen molar-refractivity contribution < 1.29 is 17.6 Å². The number of piperazine rings is 1. The first-order chi connectivity index (χ1) is 9.95. The summed E-state index contributed by atoms with van der Waals surface area (Å²) in [4.78, 5) is 4.16. The maximum Gasteiger partial charge on any atom is 0.416 e. The largest absolute Gasteiger partial charge is 0.416 e. The minimum absolute atomic E-state index is 0.259. The molecule has 2 saturated heterocycles. The van der Waals surface area contributed by atoms with E-state index in [-0.39, 0.29) is 5.69 Å². The summed E-state index contributed by atoms with van der Waals surface area (Å²) >= 11 is 0. The maximum absolute atomic E-state index is 13.9. The van der Waals surface area contributed by atoms with Crippen LogP contribution in [0.15, 0.2) is 18.2 Å². The minimum Gasteiger partial charge on any atom is -0.367 e. The highest BCUT2D eigenvalue weighted by molar-refractivity contribution is 5.50. The molecule has 1 N–H and O–H groups in total. The lowest BCUT2D eigenvalue weighted by molar-refractivity contribution is -0.137. The summed E-state index contributed by atoms with van der Waals surface area (Å²) < 4.78 is 51.5. The van der Waals surface area contributed by atoms with Crippen molar-refractivity contribution >= 4 is 5.69 Å². The van der Waals surface area contributed by atoms with Crippen LogP contribution in [0.5, 0.6) is 0 Å². The zero-order valence-corrected chi connectivity index (χ0v) is 11.5. The molecule has 2 heterocycles. The second-order valence-electron chi connectivity index (χ2n) is 5.50. The number of rotatable bonds is 2. The average molecular weight is 303 g/mol. The Hall–Kier alpha value is -1.34. The van der Waals surface area contributed by atoms with Crippen molar-refractivity contribution in [3.63, 3.8) is 0 Å². The monoisotopic (exact) mass is 303 g/mol. The number of anilines is 1. The second-order valence-corrected chi connectivity index (χ2v) is 5.50. The number of hydrogen-bond acceptors (Lipinski definition) is 3. The van der Waals surface area contributed by atoms with Gasteiger partial charge in [-0.3, -0.25) is 4.90 Å². The smallest absolute Gasteiger partial charge is 0.367 e. The second kappa shape index (κ2) is 5.46. The van der Waals surface area contributed by atoms with Gasteiger partial charge in [0.25, 0.3) is 0 Å². The van der Waals surface area contributed by atoms with E-state index in [2.05, 4.69) is 10.2 Å². The molecule has 1 aromatic rings. The predicted octanol–water partition coefficient (Wildman–Crippen LogP) is 1.94. The van der Waals surface area contributed by atoms with Gasteiger partial charge in [-0.05, 0) is 18.2 Å². The van der Waals surface area contributed by atoms with Gasteiger partial charge in [-0.25, -0.2) is 4.39 Å². The van der Waals surface area contributed by atoms with Crippen molar-refractivity contribution in [1.82, 2.24) is 10.2 Å². The van der Waals surface area contributed by atoms with E-state index in [9.17, 15) is 17.6 Å². The molecule has 3 nitrogen and oxygen atoms in total. The molecule has 0 aromatic heterocycles. The Labute approximate surface area is 120 Å². The van der Waals surface area contributed by atoms with Gasteiger partial charge in [0.05, 0.1) is 11.3 Å². The third-order valence-corrected chi connectivity index (χ3v) is 4.21. The molecule has 2 aliphatic heterocycles. The van der Waals surface area contributed by atoms with Gasteiger partial charge in [-0.1, -0.05) is 0 Å². The van der Waals surface area contributed by atoms with Crippen molar-refractivity contribution in [3.05, 3.63) is 29.6 Å². The number of nitrogens with one attached hydrogen (secondary N) is 1. The third-order valence-electron chi connectivity index (χ3n) is 4.21. The van der Waals surface area contributed by atoms with Gasteiger partial charge in [0.15, 0.2) is 0 Å². The van der Waals surface area contributed by atoms with Gasteiger partial charge >= 0.3 is 6.18 Å². The third kappa shape index (κ3) is 2.98. The highest BCUT2D eigenvalue weighted by atomic mass is 19.4. The fourth-order valence-corrected chi connectivity index (χ4v) is 2.80. The Morgan fingerprint density at radius 3 is 2.19 bits per heavy atom. The SMILES string of the molecule is Fc1cc(C(F)(F)F)ccc1N1CCN(C2CNC2)CC1. The van der Waals surface area contributed by atoms with Crippen LogP contribution in [0.4, 0.5) is 23.2 Å². The molecule has 21 heavy (non-hydrogen) atoms. The Morgan fingerprint density at radius 2 is 1.71 bits per heavy atom. The quantitative estimate of drug-likeness (QED) is 0.843. The first kappa shape index (κ1) is 14.6. The van der Waals surface area contributed by atoms with E-state index in [1.165, 1.54) is 6.07 Å². The molecule has 0 saturated carbocycles. The Bertz CT molecular complexity index is 505. The molecule has 0 bridgehead atoms. The van der Waals surface area contributed by atoms with E-state index >= 15 is 0 Å². The summed E-state index contributed by atoms with van der Waals surface area (Å²) in [6, 6.07) is 3.31. The van der Waals surface area contributed by atoms with Crippen LogP contribution < -0.4 is 10.2 Å². The van der Waals surface area contributed by atoms with Crippen molar-refractivity contribution in [2.75, 3.05) is 44.2 Å². The van der Waals surface area contributed by atoms with Crippen molar-refractivity contribution in [2.24, 2.45) is 0 Å². The van der Waals surface area contributed by atoms with Gasteiger partial charge in [-0.2, -0.15) is 13.2 Å². The molecule has 116 valence electrons. The Kier molecular flexibility index (Phi) is 3.79. The number of nitrogens with zero attached hydrogens (tertiary/aromatic N) is 2. The zero-order chi connectivity index (χ0) is 15.0. The maximum atomic E-state index is 13.9. The van der Waals surface area contributed by atoms with Crippen LogP contribution in [-0.2, 0) is 6.18 Å². The van der Waals surface area contributed by atoms with Crippen LogP contribution in [0.3, 0.4) is 0 Å². The van der Waals surface area contributed by atoms with Crippen LogP contribution in [0.2, 0.25) is 0 Å². The van der Waals surface area contributed by atoms with Gasteiger partial charge in [0.1, 0.15) is 5.82 Å². The lowest BCUT2D eigenvalue weighted by Crippen LogP contribution is -2.61. The molecule has 7 heteroatoms. The van der Waals surface area contributed by atoms with Crippen molar-refractivity contribution in [2.45, 2.75) is 12.2 Å². The van der Waals surface area contributed by atoms with Crippen LogP contribution in [0.1, 0.15) is 5.56 Å². The molecule has 2 aliphatic rings. The van der Waals surface area contributed by atoms with E-state index in [0.29, 0.717) is 25.2 Å². The first-order valence-corrected chi connectivity index (χ1v) is 7.01. The first-order valence-electron chi connectivity index (χ1n) is 7.01. The number of benzene rings is 1. The summed E-state index contributed by atoms with van der Waals surface area (Å²) in [6.07, 6.45) is -4.50. The standard InChI is InChI=1S/C14H17F4N3/c15-12-7-10(14(16,17)18)1-2-13(12)21-5-3-20(4-6-21)11-8-19-9-11/h1-2,7,11,19H,3-6,8-9H2. The number of hydrogen-bond donors (Lipinski definition) is 1. The summed E-state index contributed by atoms with van der Waals surface area (Å²) in [5, 5.41) is 3.21. The Morgan fingerprint density at radius 1 is 1.05 bits per heavy atom. The van der Waals surface area contributed by atoms with Crippen LogP contribution in [0.25, 0.3) is 0 Å². The van der Waals surface area contributed by atoms with Crippen LogP contribution >= 0.6 is 0 Å². The number of halogens is 4. The fraction of sp³-hybridized carbons (Fsp3) is 0.571. The number of alkyl halides is 3. The molecule has 2 fully saturated rings. The molecule has 0 spiro atoms. The summed E-state index contributed by atoms with van der Waals surface area (Å²) in [6.45, 7) is 4.86. The molecule has 0 amide bonds. The topological polar surface area (TPSA) is 18.5 Å². The zero-order valence-electron chi connectivity index (χ0n) is 11.5. The molecule has 0 atom stereocenters. The van der Waals surface area contributed by atoms with Crippen LogP contribution in [0, 0.1) is 5.82 Å². The van der Waals surface area contributed by atoms with E-state index in [0.717, 1.165) is 32.2 Å². The van der Waals surface area contributed by atoms with E-state index in [1.807, 2.05) is 4.90 Å².